The highest BCUT2D eigenvalue weighted by Crippen LogP contribution is 2.27. The highest BCUT2D eigenvalue weighted by Gasteiger charge is 2.33. The summed E-state index contributed by atoms with van der Waals surface area (Å²) in [6.07, 6.45) is -4.66. The fourth-order valence-corrected chi connectivity index (χ4v) is 1.76. The molecular weight excluding hydrogens is 327 g/mol. The molecule has 0 saturated carbocycles. The third kappa shape index (κ3) is 3.57. The number of benzene rings is 1. The lowest BCUT2D eigenvalue weighted by molar-refractivity contribution is -0.141. The van der Waals surface area contributed by atoms with Crippen LogP contribution in [0.3, 0.4) is 0 Å². The maximum absolute atomic E-state index is 12.5. The van der Waals surface area contributed by atoms with Crippen LogP contribution < -0.4 is 10.9 Å². The zero-order chi connectivity index (χ0) is 14.0. The Morgan fingerprint density at radius 3 is 2.63 bits per heavy atom. The highest BCUT2D eigenvalue weighted by atomic mass is 79.9. The molecule has 0 aliphatic heterocycles. The smallest absolute Gasteiger partial charge is 0.326 e. The van der Waals surface area contributed by atoms with Crippen LogP contribution in [0.15, 0.2) is 39.6 Å². The molecule has 0 radical (unpaired) electrons. The number of hydrogen-bond acceptors (Lipinski definition) is 3. The lowest BCUT2D eigenvalue weighted by Gasteiger charge is -2.09. The van der Waals surface area contributed by atoms with E-state index in [1.54, 1.807) is 24.3 Å². The Morgan fingerprint density at radius 1 is 1.26 bits per heavy atom. The molecule has 2 aromatic rings. The molecule has 100 valence electrons. The van der Waals surface area contributed by atoms with Crippen LogP contribution >= 0.6 is 15.9 Å². The third-order valence-electron chi connectivity index (χ3n) is 2.12. The summed E-state index contributed by atoms with van der Waals surface area (Å²) in [5.41, 5.74) is -1.62. The Labute approximate surface area is 113 Å². The maximum atomic E-state index is 12.5. The van der Waals surface area contributed by atoms with E-state index in [0.717, 1.165) is 4.47 Å². The van der Waals surface area contributed by atoms with Gasteiger partial charge in [-0.15, -0.1) is 0 Å². The summed E-state index contributed by atoms with van der Waals surface area (Å²) < 4.78 is 38.2. The molecule has 2 rings (SSSR count). The predicted octanol–water partition coefficient (Wildman–Crippen LogP) is 3.29. The molecular formula is C11H7BrF3N3O. The van der Waals surface area contributed by atoms with Gasteiger partial charge >= 0.3 is 6.18 Å². The molecule has 1 aromatic carbocycles. The van der Waals surface area contributed by atoms with Crippen molar-refractivity contribution in [2.75, 3.05) is 5.32 Å². The van der Waals surface area contributed by atoms with Crippen LogP contribution in [0.2, 0.25) is 0 Å². The summed E-state index contributed by atoms with van der Waals surface area (Å²) in [4.78, 5) is 16.7. The maximum Gasteiger partial charge on any atom is 0.433 e. The third-order valence-corrected chi connectivity index (χ3v) is 2.61. The number of nitrogens with zero attached hydrogens (tertiary/aromatic N) is 1. The number of nitrogens with one attached hydrogen (secondary N) is 2. The molecule has 0 aliphatic rings. The standard InChI is InChI=1S/C11H7BrF3N3O/c12-6-2-1-3-7(4-6)16-10-17-8(11(13,14)15)5-9(19)18-10/h1-5H,(H2,16,17,18,19). The van der Waals surface area contributed by atoms with Gasteiger partial charge in [0.2, 0.25) is 5.95 Å². The van der Waals surface area contributed by atoms with Crippen molar-refractivity contribution in [2.45, 2.75) is 6.18 Å². The van der Waals surface area contributed by atoms with Crippen LogP contribution in [0, 0.1) is 0 Å². The zero-order valence-corrected chi connectivity index (χ0v) is 10.8. The van der Waals surface area contributed by atoms with E-state index in [0.29, 0.717) is 11.8 Å². The number of rotatable bonds is 2. The minimum atomic E-state index is -4.66. The summed E-state index contributed by atoms with van der Waals surface area (Å²) in [6, 6.07) is 7.13. The van der Waals surface area contributed by atoms with Gasteiger partial charge in [0.15, 0.2) is 5.69 Å². The van der Waals surface area contributed by atoms with E-state index in [-0.39, 0.29) is 5.95 Å². The average molecular weight is 334 g/mol. The van der Waals surface area contributed by atoms with Gasteiger partial charge in [-0.3, -0.25) is 9.78 Å². The van der Waals surface area contributed by atoms with Crippen LogP contribution in [0.4, 0.5) is 24.8 Å². The minimum Gasteiger partial charge on any atom is -0.326 e. The second kappa shape index (κ2) is 5.04. The number of aromatic amines is 1. The van der Waals surface area contributed by atoms with Crippen LogP contribution in [0.25, 0.3) is 0 Å². The van der Waals surface area contributed by atoms with Crippen molar-refractivity contribution in [2.24, 2.45) is 0 Å². The molecule has 1 heterocycles. The van der Waals surface area contributed by atoms with Crippen molar-refractivity contribution in [3.8, 4) is 0 Å². The van der Waals surface area contributed by atoms with Crippen LogP contribution in [-0.2, 0) is 6.18 Å². The number of halogens is 4. The summed E-state index contributed by atoms with van der Waals surface area (Å²) in [7, 11) is 0. The van der Waals surface area contributed by atoms with Gasteiger partial charge in [0.1, 0.15) is 0 Å². The number of H-pyrrole nitrogens is 1. The fourth-order valence-electron chi connectivity index (χ4n) is 1.37. The van der Waals surface area contributed by atoms with Crippen molar-refractivity contribution < 1.29 is 13.2 Å². The summed E-state index contributed by atoms with van der Waals surface area (Å²) in [5.74, 6) is -0.266. The summed E-state index contributed by atoms with van der Waals surface area (Å²) >= 11 is 3.22. The Hall–Kier alpha value is -1.83. The van der Waals surface area contributed by atoms with Crippen molar-refractivity contribution in [3.05, 3.63) is 50.9 Å². The topological polar surface area (TPSA) is 57.8 Å². The predicted molar refractivity (Wildman–Crippen MR) is 67.3 cm³/mol. The van der Waals surface area contributed by atoms with Crippen molar-refractivity contribution in [1.29, 1.82) is 0 Å². The van der Waals surface area contributed by atoms with Gasteiger partial charge in [-0.25, -0.2) is 4.98 Å². The number of alkyl halides is 3. The minimum absolute atomic E-state index is 0.266. The first kappa shape index (κ1) is 13.6. The van der Waals surface area contributed by atoms with E-state index >= 15 is 0 Å². The van der Waals surface area contributed by atoms with Gasteiger partial charge < -0.3 is 5.32 Å². The van der Waals surface area contributed by atoms with Gasteiger partial charge in [-0.2, -0.15) is 13.2 Å². The van der Waals surface area contributed by atoms with Crippen LogP contribution in [0.1, 0.15) is 5.69 Å². The number of anilines is 2. The molecule has 4 nitrogen and oxygen atoms in total. The van der Waals surface area contributed by atoms with Crippen molar-refractivity contribution in [1.82, 2.24) is 9.97 Å². The molecule has 19 heavy (non-hydrogen) atoms. The lowest BCUT2D eigenvalue weighted by atomic mass is 10.3. The molecule has 1 aromatic heterocycles. The normalized spacial score (nSPS) is 11.4. The summed E-state index contributed by atoms with van der Waals surface area (Å²) in [5, 5.41) is 2.60. The van der Waals surface area contributed by atoms with Gasteiger partial charge in [-0.1, -0.05) is 22.0 Å². The second-order valence-electron chi connectivity index (χ2n) is 3.61. The lowest BCUT2D eigenvalue weighted by Crippen LogP contribution is -2.17. The van der Waals surface area contributed by atoms with Gasteiger partial charge in [-0.05, 0) is 18.2 Å². The first-order valence-electron chi connectivity index (χ1n) is 5.06. The van der Waals surface area contributed by atoms with E-state index in [2.05, 4.69) is 31.2 Å². The molecule has 0 saturated heterocycles. The molecule has 0 atom stereocenters. The van der Waals surface area contributed by atoms with Crippen LogP contribution in [-0.4, -0.2) is 9.97 Å². The van der Waals surface area contributed by atoms with Gasteiger partial charge in [0, 0.05) is 16.2 Å². The number of hydrogen-bond donors (Lipinski definition) is 2. The molecule has 0 bridgehead atoms. The number of aromatic nitrogens is 2. The highest BCUT2D eigenvalue weighted by molar-refractivity contribution is 9.10. The Bertz CT molecular complexity index is 654. The fraction of sp³-hybridized carbons (Fsp3) is 0.0909. The summed E-state index contributed by atoms with van der Waals surface area (Å²) in [6.45, 7) is 0. The largest absolute Gasteiger partial charge is 0.433 e. The molecule has 8 heteroatoms. The van der Waals surface area contributed by atoms with E-state index in [1.807, 2.05) is 0 Å². The molecule has 0 amide bonds. The Morgan fingerprint density at radius 2 is 2.00 bits per heavy atom. The molecule has 2 N–H and O–H groups in total. The van der Waals surface area contributed by atoms with E-state index in [4.69, 9.17) is 0 Å². The second-order valence-corrected chi connectivity index (χ2v) is 4.53. The SMILES string of the molecule is O=c1cc(C(F)(F)F)nc(Nc2cccc(Br)c2)[nH]1. The van der Waals surface area contributed by atoms with Gasteiger partial charge in [0.25, 0.3) is 5.56 Å². The quantitative estimate of drug-likeness (QED) is 0.886. The van der Waals surface area contributed by atoms with Gasteiger partial charge in [0.05, 0.1) is 0 Å². The monoisotopic (exact) mass is 333 g/mol. The average Bonchev–Trinajstić information content (AvgIpc) is 2.26. The van der Waals surface area contributed by atoms with Crippen LogP contribution in [0.5, 0.6) is 0 Å². The van der Waals surface area contributed by atoms with E-state index < -0.39 is 17.4 Å². The molecule has 0 unspecified atom stereocenters. The Balaban J connectivity index is 2.36. The van der Waals surface area contributed by atoms with Crippen molar-refractivity contribution >= 4 is 27.6 Å². The first-order chi connectivity index (χ1) is 8.84. The first-order valence-corrected chi connectivity index (χ1v) is 5.85. The zero-order valence-electron chi connectivity index (χ0n) is 9.25. The molecule has 0 fully saturated rings. The Kier molecular flexibility index (Phi) is 3.61. The van der Waals surface area contributed by atoms with E-state index in [1.165, 1.54) is 0 Å². The van der Waals surface area contributed by atoms with Crippen molar-refractivity contribution in [3.63, 3.8) is 0 Å². The molecule has 0 spiro atoms. The van der Waals surface area contributed by atoms with E-state index in [9.17, 15) is 18.0 Å². The molecule has 0 aliphatic carbocycles.